The Hall–Kier alpha value is -2.86. The molecule has 0 N–H and O–H groups in total. The van der Waals surface area contributed by atoms with Crippen molar-refractivity contribution in [3.63, 3.8) is 0 Å². The SMILES string of the molecule is CC(=O)Oc1ccc2c3c1O[C@H]1CCC[C@@]4(OC(C)=O)[C@@H](C2)N(CCc2ccccc2)CC[C@]314. The van der Waals surface area contributed by atoms with E-state index in [1.54, 1.807) is 0 Å². The fourth-order valence-corrected chi connectivity index (χ4v) is 7.47. The lowest BCUT2D eigenvalue weighted by Crippen LogP contribution is -2.76. The minimum Gasteiger partial charge on any atom is -0.485 e. The molecule has 6 rings (SSSR count). The van der Waals surface area contributed by atoms with Crippen LogP contribution in [-0.4, -0.2) is 47.7 Å². The van der Waals surface area contributed by atoms with E-state index in [0.717, 1.165) is 57.2 Å². The molecule has 2 aliphatic heterocycles. The Morgan fingerprint density at radius 2 is 1.91 bits per heavy atom. The zero-order valence-corrected chi connectivity index (χ0v) is 19.8. The van der Waals surface area contributed by atoms with Gasteiger partial charge in [0.1, 0.15) is 11.7 Å². The molecule has 1 saturated heterocycles. The van der Waals surface area contributed by atoms with Gasteiger partial charge in [0.15, 0.2) is 11.5 Å². The first-order valence-electron chi connectivity index (χ1n) is 12.4. The van der Waals surface area contributed by atoms with Crippen LogP contribution in [0.4, 0.5) is 0 Å². The van der Waals surface area contributed by atoms with Gasteiger partial charge in [-0.3, -0.25) is 14.5 Å². The summed E-state index contributed by atoms with van der Waals surface area (Å²) in [7, 11) is 0. The normalized spacial score (nSPS) is 30.8. The zero-order valence-electron chi connectivity index (χ0n) is 19.8. The Balaban J connectivity index is 1.46. The molecule has 1 spiro atoms. The Bertz CT molecular complexity index is 1150. The summed E-state index contributed by atoms with van der Waals surface area (Å²) in [6.45, 7) is 4.79. The monoisotopic (exact) mass is 461 g/mol. The Morgan fingerprint density at radius 3 is 2.68 bits per heavy atom. The van der Waals surface area contributed by atoms with Crippen LogP contribution in [-0.2, 0) is 32.6 Å². The molecule has 6 nitrogen and oxygen atoms in total. The number of hydrogen-bond acceptors (Lipinski definition) is 6. The highest BCUT2D eigenvalue weighted by atomic mass is 16.6. The molecule has 0 amide bonds. The number of nitrogens with zero attached hydrogens (tertiary/aromatic N) is 1. The van der Waals surface area contributed by atoms with Gasteiger partial charge in [0.05, 0.1) is 11.5 Å². The van der Waals surface area contributed by atoms with Gasteiger partial charge in [-0.1, -0.05) is 36.4 Å². The fourth-order valence-electron chi connectivity index (χ4n) is 7.47. The summed E-state index contributed by atoms with van der Waals surface area (Å²) in [5.74, 6) is 0.579. The number of hydrogen-bond donors (Lipinski definition) is 0. The second-order valence-corrected chi connectivity index (χ2v) is 10.2. The van der Waals surface area contributed by atoms with Crippen molar-refractivity contribution < 1.29 is 23.8 Å². The van der Waals surface area contributed by atoms with E-state index in [4.69, 9.17) is 14.2 Å². The van der Waals surface area contributed by atoms with Gasteiger partial charge in [-0.25, -0.2) is 0 Å². The van der Waals surface area contributed by atoms with Gasteiger partial charge < -0.3 is 14.2 Å². The van der Waals surface area contributed by atoms with Crippen LogP contribution in [0.15, 0.2) is 42.5 Å². The van der Waals surface area contributed by atoms with Crippen LogP contribution in [0.2, 0.25) is 0 Å². The summed E-state index contributed by atoms with van der Waals surface area (Å²) in [5.41, 5.74) is 2.64. The molecular weight excluding hydrogens is 430 g/mol. The van der Waals surface area contributed by atoms with Crippen molar-refractivity contribution in [1.29, 1.82) is 0 Å². The zero-order chi connectivity index (χ0) is 23.5. The van der Waals surface area contributed by atoms with Crippen LogP contribution in [0.3, 0.4) is 0 Å². The third kappa shape index (κ3) is 2.97. The lowest BCUT2D eigenvalue weighted by atomic mass is 9.49. The van der Waals surface area contributed by atoms with Gasteiger partial charge in [0.2, 0.25) is 0 Å². The van der Waals surface area contributed by atoms with Crippen molar-refractivity contribution in [2.45, 2.75) is 75.5 Å². The number of likely N-dealkylation sites (tertiary alicyclic amines) is 1. The average Bonchev–Trinajstić information content (AvgIpc) is 3.14. The van der Waals surface area contributed by atoms with Crippen molar-refractivity contribution in [2.75, 3.05) is 13.1 Å². The molecule has 1 saturated carbocycles. The van der Waals surface area contributed by atoms with E-state index in [9.17, 15) is 9.59 Å². The molecule has 2 bridgehead atoms. The maximum Gasteiger partial charge on any atom is 0.308 e. The van der Waals surface area contributed by atoms with Crippen LogP contribution in [0.25, 0.3) is 0 Å². The van der Waals surface area contributed by atoms with Crippen LogP contribution < -0.4 is 9.47 Å². The lowest BCUT2D eigenvalue weighted by molar-refractivity contribution is -0.215. The second kappa shape index (κ2) is 7.84. The molecule has 0 unspecified atom stereocenters. The van der Waals surface area contributed by atoms with Gasteiger partial charge in [0, 0.05) is 26.0 Å². The summed E-state index contributed by atoms with van der Waals surface area (Å²) in [4.78, 5) is 26.9. The Kier molecular flexibility index (Phi) is 4.99. The number of ether oxygens (including phenoxy) is 3. The van der Waals surface area contributed by atoms with E-state index < -0.39 is 11.0 Å². The number of esters is 2. The van der Waals surface area contributed by atoms with E-state index >= 15 is 0 Å². The van der Waals surface area contributed by atoms with Crippen molar-refractivity contribution in [2.24, 2.45) is 0 Å². The maximum absolute atomic E-state index is 12.6. The first kappa shape index (κ1) is 21.7. The Morgan fingerprint density at radius 1 is 1.09 bits per heavy atom. The fraction of sp³-hybridized carbons (Fsp3) is 0.500. The van der Waals surface area contributed by atoms with E-state index in [2.05, 4.69) is 35.2 Å². The highest BCUT2D eigenvalue weighted by Crippen LogP contribution is 2.66. The van der Waals surface area contributed by atoms with Gasteiger partial charge in [-0.15, -0.1) is 0 Å². The molecule has 34 heavy (non-hydrogen) atoms. The van der Waals surface area contributed by atoms with Gasteiger partial charge in [0.25, 0.3) is 0 Å². The predicted octanol–water partition coefficient (Wildman–Crippen LogP) is 3.97. The minimum atomic E-state index is -0.635. The van der Waals surface area contributed by atoms with E-state index in [1.165, 1.54) is 25.0 Å². The molecule has 178 valence electrons. The van der Waals surface area contributed by atoms with Crippen LogP contribution in [0.5, 0.6) is 11.5 Å². The highest BCUT2D eigenvalue weighted by Gasteiger charge is 2.73. The summed E-state index contributed by atoms with van der Waals surface area (Å²) < 4.78 is 18.6. The number of carbonyl (C=O) groups is 2. The average molecular weight is 462 g/mol. The minimum absolute atomic E-state index is 0.0786. The van der Waals surface area contributed by atoms with E-state index in [-0.39, 0.29) is 24.1 Å². The molecule has 2 fully saturated rings. The van der Waals surface area contributed by atoms with Crippen molar-refractivity contribution in [1.82, 2.24) is 4.90 Å². The van der Waals surface area contributed by atoms with E-state index in [0.29, 0.717) is 11.5 Å². The second-order valence-electron chi connectivity index (χ2n) is 10.2. The number of carbonyl (C=O) groups excluding carboxylic acids is 2. The third-order valence-electron chi connectivity index (χ3n) is 8.53. The standard InChI is InChI=1S/C28H31NO5/c1-18(30)32-22-11-10-21-17-23-28(34-19(2)31)13-6-9-24-27(28,25(21)26(22)33-24)14-16-29(23)15-12-20-7-4-3-5-8-20/h3-5,7-8,10-11,23-24H,6,9,12-17H2,1-2H3/t23-,24+,27-,28-/m1/s1. The largest absolute Gasteiger partial charge is 0.485 e. The van der Waals surface area contributed by atoms with Gasteiger partial charge >= 0.3 is 11.9 Å². The highest BCUT2D eigenvalue weighted by molar-refractivity contribution is 5.73. The van der Waals surface area contributed by atoms with Crippen molar-refractivity contribution in [3.05, 3.63) is 59.2 Å². The molecule has 2 aromatic carbocycles. The van der Waals surface area contributed by atoms with E-state index in [1.807, 2.05) is 12.1 Å². The summed E-state index contributed by atoms with van der Waals surface area (Å²) in [6, 6.07) is 14.6. The van der Waals surface area contributed by atoms with Crippen molar-refractivity contribution in [3.8, 4) is 11.5 Å². The van der Waals surface area contributed by atoms with Gasteiger partial charge in [-0.05, 0) is 62.3 Å². The molecule has 6 heteroatoms. The lowest BCUT2D eigenvalue weighted by Gasteiger charge is -2.64. The topological polar surface area (TPSA) is 65.1 Å². The smallest absolute Gasteiger partial charge is 0.308 e. The molecule has 4 aliphatic rings. The quantitative estimate of drug-likeness (QED) is 0.496. The molecule has 4 atom stereocenters. The first-order valence-corrected chi connectivity index (χ1v) is 12.4. The number of rotatable bonds is 5. The summed E-state index contributed by atoms with van der Waals surface area (Å²) in [5, 5.41) is 0. The molecule has 0 radical (unpaired) electrons. The molecule has 2 heterocycles. The van der Waals surface area contributed by atoms with Crippen LogP contribution >= 0.6 is 0 Å². The number of benzene rings is 2. The third-order valence-corrected chi connectivity index (χ3v) is 8.53. The summed E-state index contributed by atoms with van der Waals surface area (Å²) in [6.07, 6.45) is 5.22. The molecule has 0 aromatic heterocycles. The first-order chi connectivity index (χ1) is 16.4. The molecule has 2 aromatic rings. The maximum atomic E-state index is 12.6. The van der Waals surface area contributed by atoms with Crippen LogP contribution in [0.1, 0.15) is 56.2 Å². The van der Waals surface area contributed by atoms with Crippen LogP contribution in [0, 0.1) is 0 Å². The summed E-state index contributed by atoms with van der Waals surface area (Å²) >= 11 is 0. The predicted molar refractivity (Wildman–Crippen MR) is 126 cm³/mol. The van der Waals surface area contributed by atoms with Crippen molar-refractivity contribution >= 4 is 11.9 Å². The molecule has 2 aliphatic carbocycles. The number of piperidine rings is 1. The Labute approximate surface area is 200 Å². The van der Waals surface area contributed by atoms with Gasteiger partial charge in [-0.2, -0.15) is 0 Å². The molecular formula is C28H31NO5.